The first-order valence-corrected chi connectivity index (χ1v) is 17.5. The van der Waals surface area contributed by atoms with Crippen LogP contribution in [0.3, 0.4) is 0 Å². The summed E-state index contributed by atoms with van der Waals surface area (Å²) in [6, 6.07) is 19.4. The Hall–Kier alpha value is -5.83. The summed E-state index contributed by atoms with van der Waals surface area (Å²) in [6.45, 7) is 7.97. The van der Waals surface area contributed by atoms with E-state index in [2.05, 4.69) is 5.10 Å². The van der Waals surface area contributed by atoms with E-state index in [1.54, 1.807) is 22.7 Å². The van der Waals surface area contributed by atoms with E-state index in [4.69, 9.17) is 25.8 Å². The second kappa shape index (κ2) is 18.5. The van der Waals surface area contributed by atoms with Crippen molar-refractivity contribution in [1.29, 1.82) is 0 Å². The second-order valence-corrected chi connectivity index (χ2v) is 12.6. The first-order chi connectivity index (χ1) is 26.1. The lowest BCUT2D eigenvalue weighted by Crippen LogP contribution is -2.40. The van der Waals surface area contributed by atoms with Gasteiger partial charge < -0.3 is 14.2 Å². The molecule has 16 heteroatoms. The van der Waals surface area contributed by atoms with Gasteiger partial charge in [-0.3, -0.25) is 23.7 Å². The largest absolute Gasteiger partial charge is 0.489 e. The maximum Gasteiger partial charge on any atom is 0.431 e. The summed E-state index contributed by atoms with van der Waals surface area (Å²) >= 11 is 5.72. The smallest absolute Gasteiger partial charge is 0.431 e. The van der Waals surface area contributed by atoms with Crippen molar-refractivity contribution in [3.8, 4) is 17.2 Å². The summed E-state index contributed by atoms with van der Waals surface area (Å²) < 4.78 is 58.2. The van der Waals surface area contributed by atoms with E-state index in [0.29, 0.717) is 38.9 Å². The number of aromatic nitrogens is 4. The van der Waals surface area contributed by atoms with Gasteiger partial charge in [0.15, 0.2) is 6.10 Å². The number of benzene rings is 3. The van der Waals surface area contributed by atoms with Crippen LogP contribution in [0, 0.1) is 13.8 Å². The number of halogens is 4. The highest BCUT2D eigenvalue weighted by Gasteiger charge is 2.35. The van der Waals surface area contributed by atoms with Crippen LogP contribution < -0.4 is 25.6 Å². The lowest BCUT2D eigenvalue weighted by Gasteiger charge is -2.25. The maximum absolute atomic E-state index is 13.1. The van der Waals surface area contributed by atoms with Gasteiger partial charge in [-0.05, 0) is 80.3 Å². The molecule has 0 bridgehead atoms. The molecule has 2 heterocycles. The molecule has 0 N–H and O–H groups in total. The number of aryl methyl sites for hydroxylation is 3. The fourth-order valence-corrected chi connectivity index (χ4v) is 5.69. The quantitative estimate of drug-likeness (QED) is 0.106. The van der Waals surface area contributed by atoms with Gasteiger partial charge in [-0.15, -0.1) is 11.6 Å². The summed E-state index contributed by atoms with van der Waals surface area (Å²) in [7, 11) is 2.22. The van der Waals surface area contributed by atoms with E-state index in [-0.39, 0.29) is 24.1 Å². The molecule has 0 aliphatic rings. The minimum Gasteiger partial charge on any atom is -0.489 e. The number of carbonyl (C=O) groups excluding carboxylic acids is 2. The number of nitrogens with zero attached hydrogens (tertiary/aromatic N) is 5. The molecule has 12 nitrogen and oxygen atoms in total. The van der Waals surface area contributed by atoms with Gasteiger partial charge in [0.1, 0.15) is 36.3 Å². The van der Waals surface area contributed by atoms with Crippen LogP contribution in [0.5, 0.6) is 11.5 Å². The van der Waals surface area contributed by atoms with Gasteiger partial charge in [0, 0.05) is 31.1 Å². The van der Waals surface area contributed by atoms with Crippen LogP contribution in [0.15, 0.2) is 94.8 Å². The monoisotopic (exact) mass is 783 g/mol. The average Bonchev–Trinajstić information content (AvgIpc) is 3.68. The summed E-state index contributed by atoms with van der Waals surface area (Å²) in [6.07, 6.45) is -1.40. The highest BCUT2D eigenvalue weighted by Crippen LogP contribution is 2.28. The summed E-state index contributed by atoms with van der Waals surface area (Å²) in [5.41, 5.74) is 1.20. The zero-order valence-corrected chi connectivity index (χ0v) is 31.9. The van der Waals surface area contributed by atoms with Gasteiger partial charge >= 0.3 is 17.8 Å². The lowest BCUT2D eigenvalue weighted by molar-refractivity contribution is -0.148. The topological polar surface area (TPSA) is 127 Å². The second-order valence-electron chi connectivity index (χ2n) is 12.3. The molecule has 1 atom stereocenters. The fourth-order valence-electron chi connectivity index (χ4n) is 5.55. The molecule has 5 aromatic rings. The zero-order chi connectivity index (χ0) is 40.4. The Bertz CT molecular complexity index is 2200. The van der Waals surface area contributed by atoms with Gasteiger partial charge in [0.25, 0.3) is 5.56 Å². The van der Waals surface area contributed by atoms with Gasteiger partial charge in [-0.1, -0.05) is 37.3 Å². The van der Waals surface area contributed by atoms with E-state index >= 15 is 0 Å². The molecule has 2 aromatic heterocycles. The number of para-hydroxylation sites is 1. The van der Waals surface area contributed by atoms with Gasteiger partial charge in [0.05, 0.1) is 18.5 Å². The van der Waals surface area contributed by atoms with Crippen molar-refractivity contribution in [2.24, 2.45) is 7.05 Å². The van der Waals surface area contributed by atoms with Gasteiger partial charge in [-0.25, -0.2) is 14.2 Å². The predicted molar refractivity (Wildman–Crippen MR) is 201 cm³/mol. The number of anilines is 1. The van der Waals surface area contributed by atoms with Crippen LogP contribution in [-0.4, -0.2) is 49.9 Å². The first kappa shape index (κ1) is 41.9. The maximum atomic E-state index is 13.1. The highest BCUT2D eigenvalue weighted by molar-refractivity contribution is 6.29. The predicted octanol–water partition coefficient (Wildman–Crippen LogP) is 6.37. The number of amides is 1. The fraction of sp³-hybridized carbons (Fsp3) is 0.308. The SMILES string of the molecule is CCc1ccc(COc2ccc(-n3c(=O)cc(C(F)(F)F)n(C)c3=O)cc2)c(OC(C)C(=O)OC)c1.Cc1cccc(C)c1N(Cn1cccn1)C(=O)CCl. The van der Waals surface area contributed by atoms with E-state index in [0.717, 1.165) is 35.8 Å². The molecule has 55 heavy (non-hydrogen) atoms. The first-order valence-electron chi connectivity index (χ1n) is 17.0. The van der Waals surface area contributed by atoms with Gasteiger partial charge in [0.2, 0.25) is 5.91 Å². The molecule has 5 rings (SSSR count). The minimum absolute atomic E-state index is 0.0466. The lowest BCUT2D eigenvalue weighted by atomic mass is 10.1. The number of rotatable bonds is 12. The van der Waals surface area contributed by atoms with E-state index in [1.807, 2.05) is 69.4 Å². The van der Waals surface area contributed by atoms with Crippen LogP contribution >= 0.6 is 11.6 Å². The molecule has 0 saturated heterocycles. The van der Waals surface area contributed by atoms with Crippen LogP contribution in [0.25, 0.3) is 5.69 Å². The molecule has 0 spiro atoms. The summed E-state index contributed by atoms with van der Waals surface area (Å²) in [5, 5.41) is 4.14. The molecular weight excluding hydrogens is 743 g/mol. The third kappa shape index (κ3) is 10.4. The van der Waals surface area contributed by atoms with Crippen molar-refractivity contribution < 1.29 is 37.0 Å². The minimum atomic E-state index is -4.84. The third-order valence-corrected chi connectivity index (χ3v) is 8.68. The number of esters is 1. The summed E-state index contributed by atoms with van der Waals surface area (Å²) in [5.74, 6) is 0.138. The summed E-state index contributed by atoms with van der Waals surface area (Å²) in [4.78, 5) is 50.3. The number of hydrogen-bond donors (Lipinski definition) is 0. The molecule has 0 aliphatic heterocycles. The molecule has 0 saturated carbocycles. The van der Waals surface area contributed by atoms with Gasteiger partial charge in [-0.2, -0.15) is 18.3 Å². The molecule has 0 radical (unpaired) electrons. The molecular formula is C39H41ClF3N5O7. The number of methoxy groups -OCH3 is 1. The van der Waals surface area contributed by atoms with E-state index < -0.39 is 35.2 Å². The molecule has 1 amide bonds. The van der Waals surface area contributed by atoms with Crippen molar-refractivity contribution in [2.45, 2.75) is 59.7 Å². The Morgan fingerprint density at radius 1 is 0.982 bits per heavy atom. The standard InChI is InChI=1S/C25H25F3N2O6.C14H16ClN3O/c1-5-16-6-7-17(20(12-16)36-15(2)23(32)34-4)14-35-19-10-8-18(9-11-19)30-22(31)13-21(25(26,27)28)29(3)24(30)33;1-11-5-3-6-12(2)14(11)18(13(19)9-15)10-17-8-4-7-16-17/h6-13,15H,5,14H2,1-4H3;3-8H,9-10H2,1-2H3. The zero-order valence-electron chi connectivity index (χ0n) is 31.1. The van der Waals surface area contributed by atoms with Crippen molar-refractivity contribution >= 4 is 29.2 Å². The van der Waals surface area contributed by atoms with Crippen LogP contribution in [0.1, 0.15) is 41.8 Å². The average molecular weight is 784 g/mol. The molecule has 0 aliphatic carbocycles. The Balaban J connectivity index is 0.000000296. The van der Waals surface area contributed by atoms with Crippen LogP contribution in [0.2, 0.25) is 0 Å². The normalized spacial score (nSPS) is 11.6. The van der Waals surface area contributed by atoms with Crippen LogP contribution in [-0.2, 0) is 47.2 Å². The number of ether oxygens (including phenoxy) is 3. The molecule has 3 aromatic carbocycles. The van der Waals surface area contributed by atoms with Crippen molar-refractivity contribution in [3.63, 3.8) is 0 Å². The Labute approximate surface area is 320 Å². The molecule has 1 unspecified atom stereocenters. The van der Waals surface area contributed by atoms with E-state index in [1.165, 1.54) is 31.4 Å². The number of carbonyl (C=O) groups is 2. The number of alkyl halides is 4. The Morgan fingerprint density at radius 2 is 1.65 bits per heavy atom. The third-order valence-electron chi connectivity index (χ3n) is 8.45. The molecule has 292 valence electrons. The van der Waals surface area contributed by atoms with Crippen molar-refractivity contribution in [2.75, 3.05) is 17.9 Å². The number of hydrogen-bond acceptors (Lipinski definition) is 8. The van der Waals surface area contributed by atoms with Crippen molar-refractivity contribution in [1.82, 2.24) is 18.9 Å². The van der Waals surface area contributed by atoms with Crippen LogP contribution in [0.4, 0.5) is 18.9 Å². The highest BCUT2D eigenvalue weighted by atomic mass is 35.5. The van der Waals surface area contributed by atoms with E-state index in [9.17, 15) is 32.3 Å². The molecule has 0 fully saturated rings. The van der Waals surface area contributed by atoms with Crippen molar-refractivity contribution in [3.05, 3.63) is 134 Å². The Kier molecular flexibility index (Phi) is 14.1. The Morgan fingerprint density at radius 3 is 2.22 bits per heavy atom.